The highest BCUT2D eigenvalue weighted by Crippen LogP contribution is 2.36. The average molecular weight is 454 g/mol. The van der Waals surface area contributed by atoms with Crippen LogP contribution in [0.4, 0.5) is 11.5 Å². The van der Waals surface area contributed by atoms with Gasteiger partial charge in [0.1, 0.15) is 24.0 Å². The third-order valence-electron chi connectivity index (χ3n) is 5.54. The van der Waals surface area contributed by atoms with Crippen LogP contribution in [0.1, 0.15) is 6.92 Å². The van der Waals surface area contributed by atoms with Gasteiger partial charge in [-0.3, -0.25) is 9.67 Å². The van der Waals surface area contributed by atoms with E-state index in [0.29, 0.717) is 5.82 Å². The number of hydrogen-bond acceptors (Lipinski definition) is 7. The molecule has 3 aromatic heterocycles. The standard InChI is InChI=1S/C26H27N7O/c1-17(14-32(2)3)34-24-11-19(20-12-30-33(4)15-20)10-23-25(24)26(29-16-28-23)31-21-9-18-7-5-6-8-22(18)27-13-21/h5-13,15-17H,14H2,1-4H3,(H,28,29,31)/t17-/m1/s1. The topological polar surface area (TPSA) is 81.0 Å². The van der Waals surface area contributed by atoms with E-state index in [1.54, 1.807) is 11.0 Å². The van der Waals surface area contributed by atoms with Gasteiger partial charge in [0.15, 0.2) is 0 Å². The Kier molecular flexibility index (Phi) is 5.81. The normalized spacial score (nSPS) is 12.4. The van der Waals surface area contributed by atoms with Gasteiger partial charge in [0.2, 0.25) is 0 Å². The van der Waals surface area contributed by atoms with Crippen LogP contribution in [0.3, 0.4) is 0 Å². The van der Waals surface area contributed by atoms with Crippen LogP contribution in [-0.4, -0.2) is 56.4 Å². The number of likely N-dealkylation sites (N-methyl/N-ethyl adjacent to an activating group) is 1. The number of nitrogens with zero attached hydrogens (tertiary/aromatic N) is 6. The van der Waals surface area contributed by atoms with Crippen LogP contribution < -0.4 is 10.1 Å². The maximum atomic E-state index is 6.45. The Morgan fingerprint density at radius 1 is 1.00 bits per heavy atom. The molecular weight excluding hydrogens is 426 g/mol. The smallest absolute Gasteiger partial charge is 0.145 e. The van der Waals surface area contributed by atoms with E-state index in [4.69, 9.17) is 4.74 Å². The molecule has 0 unspecified atom stereocenters. The van der Waals surface area contributed by atoms with Gasteiger partial charge in [0, 0.05) is 30.7 Å². The molecule has 3 heterocycles. The number of pyridine rings is 1. The van der Waals surface area contributed by atoms with E-state index >= 15 is 0 Å². The van der Waals surface area contributed by atoms with Gasteiger partial charge < -0.3 is 15.0 Å². The summed E-state index contributed by atoms with van der Waals surface area (Å²) in [7, 11) is 5.97. The molecule has 0 aliphatic carbocycles. The molecule has 1 N–H and O–H groups in total. The van der Waals surface area contributed by atoms with Gasteiger partial charge in [-0.15, -0.1) is 0 Å². The number of aryl methyl sites for hydroxylation is 1. The Hall–Kier alpha value is -4.04. The molecule has 8 nitrogen and oxygen atoms in total. The maximum Gasteiger partial charge on any atom is 0.145 e. The van der Waals surface area contributed by atoms with Crippen LogP contribution in [-0.2, 0) is 7.05 Å². The molecule has 8 heteroatoms. The van der Waals surface area contributed by atoms with Crippen LogP contribution >= 0.6 is 0 Å². The minimum atomic E-state index is -0.0299. The molecule has 0 aliphatic rings. The van der Waals surface area contributed by atoms with E-state index in [9.17, 15) is 0 Å². The zero-order chi connectivity index (χ0) is 23.7. The summed E-state index contributed by atoms with van der Waals surface area (Å²) in [6.45, 7) is 2.84. The minimum absolute atomic E-state index is 0.0299. The first-order valence-electron chi connectivity index (χ1n) is 11.2. The second-order valence-corrected chi connectivity index (χ2v) is 8.73. The van der Waals surface area contributed by atoms with Crippen molar-refractivity contribution in [2.45, 2.75) is 13.0 Å². The van der Waals surface area contributed by atoms with Crippen molar-refractivity contribution in [1.82, 2.24) is 29.6 Å². The SMILES string of the molecule is C[C@H](CN(C)C)Oc1cc(-c2cnn(C)c2)cc2ncnc(Nc3cnc4ccccc4c3)c12. The zero-order valence-electron chi connectivity index (χ0n) is 19.7. The predicted octanol–water partition coefficient (Wildman–Crippen LogP) is 4.65. The lowest BCUT2D eigenvalue weighted by Gasteiger charge is -2.21. The number of ether oxygens (including phenoxy) is 1. The second-order valence-electron chi connectivity index (χ2n) is 8.73. The monoisotopic (exact) mass is 453 g/mol. The van der Waals surface area contributed by atoms with Crippen molar-refractivity contribution in [3.8, 4) is 16.9 Å². The van der Waals surface area contributed by atoms with Crippen molar-refractivity contribution < 1.29 is 4.74 Å². The van der Waals surface area contributed by atoms with Crippen molar-refractivity contribution in [3.63, 3.8) is 0 Å². The molecule has 0 amide bonds. The number of anilines is 2. The Bertz CT molecular complexity index is 1460. The lowest BCUT2D eigenvalue weighted by molar-refractivity contribution is 0.179. The van der Waals surface area contributed by atoms with Crippen molar-refractivity contribution in [2.24, 2.45) is 7.05 Å². The molecule has 0 aliphatic heterocycles. The van der Waals surface area contributed by atoms with E-state index in [-0.39, 0.29) is 6.10 Å². The van der Waals surface area contributed by atoms with E-state index in [1.807, 2.05) is 76.1 Å². The first-order valence-corrected chi connectivity index (χ1v) is 11.2. The van der Waals surface area contributed by atoms with Crippen molar-refractivity contribution in [2.75, 3.05) is 26.0 Å². The van der Waals surface area contributed by atoms with E-state index < -0.39 is 0 Å². The van der Waals surface area contributed by atoms with E-state index in [1.165, 1.54) is 0 Å². The summed E-state index contributed by atoms with van der Waals surface area (Å²) in [4.78, 5) is 15.8. The molecule has 5 rings (SSSR count). The molecule has 172 valence electrons. The van der Waals surface area contributed by atoms with E-state index in [2.05, 4.69) is 43.3 Å². The molecule has 34 heavy (non-hydrogen) atoms. The Morgan fingerprint density at radius 2 is 1.85 bits per heavy atom. The number of hydrogen-bond donors (Lipinski definition) is 1. The summed E-state index contributed by atoms with van der Waals surface area (Å²) in [5.41, 5.74) is 4.58. The van der Waals surface area contributed by atoms with Gasteiger partial charge in [0.25, 0.3) is 0 Å². The highest BCUT2D eigenvalue weighted by molar-refractivity contribution is 5.99. The fourth-order valence-corrected chi connectivity index (χ4v) is 4.12. The maximum absolute atomic E-state index is 6.45. The first kappa shape index (κ1) is 21.8. The van der Waals surface area contributed by atoms with Crippen molar-refractivity contribution >= 4 is 33.3 Å². The molecule has 0 saturated carbocycles. The molecule has 5 aromatic rings. The Morgan fingerprint density at radius 3 is 2.65 bits per heavy atom. The summed E-state index contributed by atoms with van der Waals surface area (Å²) < 4.78 is 8.24. The molecular formula is C26H27N7O. The zero-order valence-corrected chi connectivity index (χ0v) is 19.7. The van der Waals surface area contributed by atoms with Crippen LogP contribution in [0.2, 0.25) is 0 Å². The predicted molar refractivity (Wildman–Crippen MR) is 135 cm³/mol. The van der Waals surface area contributed by atoms with Gasteiger partial charge in [-0.05, 0) is 50.8 Å². The summed E-state index contributed by atoms with van der Waals surface area (Å²) >= 11 is 0. The third-order valence-corrected chi connectivity index (χ3v) is 5.54. The van der Waals surface area contributed by atoms with Crippen LogP contribution in [0.5, 0.6) is 5.75 Å². The molecule has 0 bridgehead atoms. The van der Waals surface area contributed by atoms with Gasteiger partial charge >= 0.3 is 0 Å². The quantitative estimate of drug-likeness (QED) is 0.384. The van der Waals surface area contributed by atoms with Gasteiger partial charge in [0.05, 0.1) is 34.5 Å². The number of rotatable bonds is 7. The second kappa shape index (κ2) is 9.07. The first-order chi connectivity index (χ1) is 16.5. The van der Waals surface area contributed by atoms with Gasteiger partial charge in [-0.25, -0.2) is 9.97 Å². The Labute approximate surface area is 198 Å². The third kappa shape index (κ3) is 4.53. The number of aromatic nitrogens is 5. The van der Waals surface area contributed by atoms with Gasteiger partial charge in [-0.1, -0.05) is 18.2 Å². The molecule has 0 spiro atoms. The van der Waals surface area contributed by atoms with Crippen LogP contribution in [0, 0.1) is 0 Å². The van der Waals surface area contributed by atoms with Crippen LogP contribution in [0.15, 0.2) is 67.4 Å². The highest BCUT2D eigenvalue weighted by Gasteiger charge is 2.17. The molecule has 0 saturated heterocycles. The number of benzene rings is 2. The molecule has 2 aromatic carbocycles. The molecule has 0 radical (unpaired) electrons. The van der Waals surface area contributed by atoms with Crippen molar-refractivity contribution in [1.29, 1.82) is 0 Å². The number of nitrogens with one attached hydrogen (secondary N) is 1. The Balaban J connectivity index is 1.61. The fraction of sp³-hybridized carbons (Fsp3) is 0.231. The summed E-state index contributed by atoms with van der Waals surface area (Å²) in [6.07, 6.45) is 7.18. The van der Waals surface area contributed by atoms with Crippen molar-refractivity contribution in [3.05, 3.63) is 67.4 Å². The fourth-order valence-electron chi connectivity index (χ4n) is 4.12. The summed E-state index contributed by atoms with van der Waals surface area (Å²) in [5, 5.41) is 9.64. The minimum Gasteiger partial charge on any atom is -0.489 e. The average Bonchev–Trinajstić information content (AvgIpc) is 3.24. The number of para-hydroxylation sites is 1. The summed E-state index contributed by atoms with van der Waals surface area (Å²) in [5.74, 6) is 1.40. The van der Waals surface area contributed by atoms with Gasteiger partial charge in [-0.2, -0.15) is 5.10 Å². The highest BCUT2D eigenvalue weighted by atomic mass is 16.5. The van der Waals surface area contributed by atoms with Crippen LogP contribution in [0.25, 0.3) is 32.9 Å². The lowest BCUT2D eigenvalue weighted by Crippen LogP contribution is -2.28. The summed E-state index contributed by atoms with van der Waals surface area (Å²) in [6, 6.07) is 14.2. The van der Waals surface area contributed by atoms with E-state index in [0.717, 1.165) is 50.9 Å². The largest absolute Gasteiger partial charge is 0.489 e. The molecule has 0 fully saturated rings. The number of fused-ring (bicyclic) bond motifs is 2. The lowest BCUT2D eigenvalue weighted by atomic mass is 10.1. The molecule has 1 atom stereocenters.